The van der Waals surface area contributed by atoms with Crippen LogP contribution < -0.4 is 24.8 Å². The summed E-state index contributed by atoms with van der Waals surface area (Å²) in [5.74, 6) is 0.584. The Bertz CT molecular complexity index is 2300. The molecular weight excluding hydrogens is 743 g/mol. The molecule has 0 fully saturated rings. The third-order valence-electron chi connectivity index (χ3n) is 8.72. The Kier molecular flexibility index (Phi) is 14.2. The van der Waals surface area contributed by atoms with Crippen molar-refractivity contribution in [1.82, 2.24) is 0 Å². The fourth-order valence-electron chi connectivity index (χ4n) is 6.47. The third kappa shape index (κ3) is 9.03. The van der Waals surface area contributed by atoms with Gasteiger partial charge in [-0.05, 0) is 27.8 Å². The van der Waals surface area contributed by atoms with E-state index in [1.807, 2.05) is 0 Å². The van der Waals surface area contributed by atoms with E-state index in [4.69, 9.17) is 0 Å². The van der Waals surface area contributed by atoms with E-state index in [2.05, 4.69) is 192 Å². The second-order valence-corrected chi connectivity index (χ2v) is 22.4. The van der Waals surface area contributed by atoms with E-state index in [9.17, 15) is 0 Å². The summed E-state index contributed by atoms with van der Waals surface area (Å²) in [7, 11) is 0. The largest absolute Gasteiger partial charge is 1.00 e. The number of halogens is 2. The van der Waals surface area contributed by atoms with Gasteiger partial charge in [0.25, 0.3) is 0 Å². The van der Waals surface area contributed by atoms with Crippen LogP contribution in [0.5, 0.6) is 0 Å². The molecular formula is C46H42Cl2SiZr-2. The summed E-state index contributed by atoms with van der Waals surface area (Å²) in [6.07, 6.45) is 0. The van der Waals surface area contributed by atoms with Crippen molar-refractivity contribution < 1.29 is 48.1 Å². The van der Waals surface area contributed by atoms with Crippen molar-refractivity contribution in [2.24, 2.45) is 0 Å². The molecule has 0 spiro atoms. The fourth-order valence-corrected chi connectivity index (χ4v) is 6.47. The van der Waals surface area contributed by atoms with E-state index in [1.165, 1.54) is 76.8 Å². The molecule has 0 saturated heterocycles. The topological polar surface area (TPSA) is 0 Å². The first-order valence-electron chi connectivity index (χ1n) is 16.8. The minimum Gasteiger partial charge on any atom is -1.00 e. The number of aryl methyl sites for hydroxylation is 1. The molecule has 0 amide bonds. The number of fused-ring (bicyclic) bond motifs is 3. The summed E-state index contributed by atoms with van der Waals surface area (Å²) in [6.45, 7) is 11.3. The van der Waals surface area contributed by atoms with E-state index in [1.54, 1.807) is 23.3 Å². The maximum atomic E-state index is 2.34. The summed E-state index contributed by atoms with van der Waals surface area (Å²) >= 11 is 1.74. The van der Waals surface area contributed by atoms with Gasteiger partial charge in [0, 0.05) is 0 Å². The molecule has 0 aliphatic rings. The van der Waals surface area contributed by atoms with Gasteiger partial charge in [-0.1, -0.05) is 164 Å². The van der Waals surface area contributed by atoms with Crippen LogP contribution in [0, 0.1) is 6.92 Å². The first-order chi connectivity index (χ1) is 23.3. The van der Waals surface area contributed by atoms with Gasteiger partial charge in [-0.3, -0.25) is 0 Å². The van der Waals surface area contributed by atoms with Gasteiger partial charge in [-0.2, -0.15) is 12.1 Å². The van der Waals surface area contributed by atoms with Crippen LogP contribution in [0.1, 0.15) is 30.9 Å². The van der Waals surface area contributed by atoms with Gasteiger partial charge >= 0.3 is 41.9 Å². The minimum atomic E-state index is 0. The molecule has 0 nitrogen and oxygen atoms in total. The second kappa shape index (κ2) is 18.1. The van der Waals surface area contributed by atoms with Crippen LogP contribution in [-0.2, 0) is 23.3 Å². The predicted octanol–water partition coefficient (Wildman–Crippen LogP) is 7.50. The van der Waals surface area contributed by atoms with Crippen molar-refractivity contribution in [2.45, 2.75) is 39.8 Å². The molecule has 0 radical (unpaired) electrons. The molecule has 0 atom stereocenters. The zero-order valence-corrected chi connectivity index (χ0v) is 34.3. The number of hydrogen-bond acceptors (Lipinski definition) is 0. The Labute approximate surface area is 325 Å². The van der Waals surface area contributed by atoms with Crippen LogP contribution in [0.3, 0.4) is 0 Å². The Morgan fingerprint density at radius 3 is 1.70 bits per heavy atom. The van der Waals surface area contributed by atoms with E-state index in [-0.39, 0.29) is 30.2 Å². The molecule has 0 aromatic heterocycles. The Hall–Kier alpha value is -3.52. The first-order valence-corrected chi connectivity index (χ1v) is 23.0. The van der Waals surface area contributed by atoms with Gasteiger partial charge in [0.2, 0.25) is 0 Å². The normalized spacial score (nSPS) is 10.5. The van der Waals surface area contributed by atoms with Gasteiger partial charge in [0.1, 0.15) is 0 Å². The number of rotatable bonds is 4. The summed E-state index contributed by atoms with van der Waals surface area (Å²) in [5, 5.41) is 7.97. The standard InChI is InChI=1S/C26H19.C18H17.C2H6Si.2ClH.Zr/c1-18-16-25-22(19-8-3-2-4-9-19)14-15-24(26(25)17-18)23-13-7-11-20-10-5-6-12-21(20)23;1-13(2)16-11-15-9-6-10-17(18(15)12-16)14-7-4-3-5-8-14;1-3-2;;;/h2-17H,1H3;3-13H,1-2H3;1-2H3;2*1H;/q2*-1;;;;+2/p-2. The smallest absolute Gasteiger partial charge is 0.0114 e. The van der Waals surface area contributed by atoms with Crippen molar-refractivity contribution in [3.63, 3.8) is 0 Å². The molecule has 0 bridgehead atoms. The first kappa shape index (κ1) is 39.3. The van der Waals surface area contributed by atoms with E-state index >= 15 is 0 Å². The molecule has 0 unspecified atom stereocenters. The summed E-state index contributed by atoms with van der Waals surface area (Å²) in [4.78, 5) is 0. The Morgan fingerprint density at radius 2 is 1.04 bits per heavy atom. The molecule has 0 aliphatic carbocycles. The van der Waals surface area contributed by atoms with E-state index in [0.717, 1.165) is 0 Å². The van der Waals surface area contributed by atoms with E-state index in [0.29, 0.717) is 5.92 Å². The average Bonchev–Trinajstić information content (AvgIpc) is 3.72. The molecule has 50 heavy (non-hydrogen) atoms. The second-order valence-electron chi connectivity index (χ2n) is 13.0. The van der Waals surface area contributed by atoms with Gasteiger partial charge in [-0.25, -0.2) is 0 Å². The van der Waals surface area contributed by atoms with Crippen LogP contribution in [0.4, 0.5) is 0 Å². The van der Waals surface area contributed by atoms with Crippen molar-refractivity contribution in [3.8, 4) is 33.4 Å². The number of benzene rings is 6. The molecule has 0 heterocycles. The molecule has 8 aromatic carbocycles. The number of hydrogen-bond donors (Lipinski definition) is 0. The molecule has 250 valence electrons. The van der Waals surface area contributed by atoms with Gasteiger partial charge in [0.05, 0.1) is 0 Å². The van der Waals surface area contributed by atoms with Gasteiger partial charge in [0.15, 0.2) is 0 Å². The van der Waals surface area contributed by atoms with Crippen molar-refractivity contribution in [3.05, 3.63) is 169 Å². The van der Waals surface area contributed by atoms with Crippen molar-refractivity contribution >= 4 is 37.8 Å². The molecule has 0 saturated carbocycles. The van der Waals surface area contributed by atoms with Crippen LogP contribution in [0.15, 0.2) is 158 Å². The van der Waals surface area contributed by atoms with Crippen LogP contribution in [-0.4, -0.2) is 5.43 Å². The van der Waals surface area contributed by atoms with Gasteiger partial charge in [-0.15, -0.1) is 56.9 Å². The molecule has 8 aromatic rings. The Balaban J connectivity index is 0.000000206. The molecule has 8 rings (SSSR count). The quantitative estimate of drug-likeness (QED) is 0.128. The van der Waals surface area contributed by atoms with E-state index < -0.39 is 0 Å². The maximum absolute atomic E-state index is 2.34. The van der Waals surface area contributed by atoms with Crippen LogP contribution >= 0.6 is 0 Å². The zero-order chi connectivity index (χ0) is 33.6. The van der Waals surface area contributed by atoms with Crippen molar-refractivity contribution in [2.75, 3.05) is 0 Å². The summed E-state index contributed by atoms with van der Waals surface area (Å²) in [6, 6.07) is 56.9. The molecule has 4 heteroatoms. The van der Waals surface area contributed by atoms with Gasteiger partial charge < -0.3 is 24.8 Å². The fraction of sp³-hybridized carbons (Fsp3) is 0.130. The third-order valence-corrected chi connectivity index (χ3v) is 8.72. The monoisotopic (exact) mass is 782 g/mol. The van der Waals surface area contributed by atoms with Crippen molar-refractivity contribution in [1.29, 1.82) is 0 Å². The molecule has 0 aliphatic heterocycles. The summed E-state index contributed by atoms with van der Waals surface area (Å²) in [5.41, 5.74) is 10.8. The Morgan fingerprint density at radius 1 is 0.520 bits per heavy atom. The predicted molar refractivity (Wildman–Crippen MR) is 209 cm³/mol. The average molecular weight is 785 g/mol. The van der Waals surface area contributed by atoms with Crippen LogP contribution in [0.2, 0.25) is 13.1 Å². The SMILES string of the molecule is CC(C)c1cc2c(-c3ccccc3)cccc2[cH-]1.C[Si](C)=[Zr+2].Cc1cc2c(-c3cccc4ccccc34)ccc(-c3ccccc3)c2[cH-]1.[Cl-].[Cl-]. The summed E-state index contributed by atoms with van der Waals surface area (Å²) < 4.78 is 0. The maximum Gasteiger partial charge on any atom is -0.0114 e. The zero-order valence-electron chi connectivity index (χ0n) is 29.3. The minimum absolute atomic E-state index is 0. The molecule has 0 N–H and O–H groups in total. The van der Waals surface area contributed by atoms with Crippen LogP contribution in [0.25, 0.3) is 65.7 Å².